The summed E-state index contributed by atoms with van der Waals surface area (Å²) < 4.78 is 5.70. The van der Waals surface area contributed by atoms with Crippen molar-refractivity contribution >= 4 is 5.91 Å². The van der Waals surface area contributed by atoms with Crippen molar-refractivity contribution in [2.45, 2.75) is 64.3 Å². The average molecular weight is 226 g/mol. The lowest BCUT2D eigenvalue weighted by molar-refractivity contribution is -0.125. The third-order valence-corrected chi connectivity index (χ3v) is 3.65. The number of hydrogen-bond donors (Lipinski definition) is 2. The molecule has 0 aromatic rings. The number of hydrogen-bond acceptors (Lipinski definition) is 3. The van der Waals surface area contributed by atoms with Gasteiger partial charge in [-0.05, 0) is 24.7 Å². The van der Waals surface area contributed by atoms with Gasteiger partial charge >= 0.3 is 0 Å². The highest BCUT2D eigenvalue weighted by Gasteiger charge is 2.42. The number of rotatable bonds is 2. The highest BCUT2D eigenvalue weighted by molar-refractivity contribution is 5.82. The molecule has 1 amide bonds. The van der Waals surface area contributed by atoms with Crippen molar-refractivity contribution in [3.8, 4) is 0 Å². The Hall–Kier alpha value is -0.610. The predicted octanol–water partition coefficient (Wildman–Crippen LogP) is 0.796. The molecule has 4 atom stereocenters. The summed E-state index contributed by atoms with van der Waals surface area (Å²) in [6.45, 7) is 5.94. The van der Waals surface area contributed by atoms with Crippen LogP contribution in [0.2, 0.25) is 0 Å². The molecule has 2 rings (SSSR count). The maximum atomic E-state index is 11.9. The molecule has 92 valence electrons. The van der Waals surface area contributed by atoms with Gasteiger partial charge in [-0.25, -0.2) is 0 Å². The number of carbonyl (C=O) groups is 1. The van der Waals surface area contributed by atoms with Crippen LogP contribution in [-0.4, -0.2) is 30.2 Å². The number of fused-ring (bicyclic) bond motifs is 2. The first-order valence-electron chi connectivity index (χ1n) is 6.09. The molecule has 2 aliphatic rings. The van der Waals surface area contributed by atoms with E-state index in [0.717, 1.165) is 19.3 Å². The van der Waals surface area contributed by atoms with Crippen molar-refractivity contribution in [2.75, 3.05) is 0 Å². The van der Waals surface area contributed by atoms with Crippen molar-refractivity contribution in [3.63, 3.8) is 0 Å². The van der Waals surface area contributed by atoms with Crippen LogP contribution >= 0.6 is 0 Å². The minimum atomic E-state index is -0.452. The predicted molar refractivity (Wildman–Crippen MR) is 61.9 cm³/mol. The van der Waals surface area contributed by atoms with Crippen molar-refractivity contribution < 1.29 is 9.53 Å². The minimum Gasteiger partial charge on any atom is -0.373 e. The third kappa shape index (κ3) is 2.23. The van der Waals surface area contributed by atoms with Gasteiger partial charge in [0, 0.05) is 0 Å². The highest BCUT2D eigenvalue weighted by atomic mass is 16.5. The van der Waals surface area contributed by atoms with Crippen LogP contribution in [0.1, 0.15) is 40.0 Å². The number of carbonyl (C=O) groups excluding carboxylic acids is 1. The molecule has 0 radical (unpaired) electrons. The van der Waals surface area contributed by atoms with E-state index in [1.807, 2.05) is 20.8 Å². The Balaban J connectivity index is 1.88. The summed E-state index contributed by atoms with van der Waals surface area (Å²) in [5.41, 5.74) is 5.73. The van der Waals surface area contributed by atoms with Gasteiger partial charge in [0.25, 0.3) is 0 Å². The molecule has 16 heavy (non-hydrogen) atoms. The normalized spacial score (nSPS) is 35.1. The fourth-order valence-corrected chi connectivity index (χ4v) is 2.46. The van der Waals surface area contributed by atoms with E-state index in [9.17, 15) is 4.79 Å². The van der Waals surface area contributed by atoms with E-state index in [1.165, 1.54) is 0 Å². The Bertz CT molecular complexity index is 285. The number of nitrogens with one attached hydrogen (secondary N) is 1. The van der Waals surface area contributed by atoms with Crippen LogP contribution in [0.25, 0.3) is 0 Å². The van der Waals surface area contributed by atoms with Gasteiger partial charge in [-0.2, -0.15) is 0 Å². The fourth-order valence-electron chi connectivity index (χ4n) is 2.46. The van der Waals surface area contributed by atoms with Gasteiger partial charge in [-0.15, -0.1) is 0 Å². The lowest BCUT2D eigenvalue weighted by atomic mass is 9.86. The summed E-state index contributed by atoms with van der Waals surface area (Å²) in [5.74, 6) is -0.0475. The first-order valence-corrected chi connectivity index (χ1v) is 6.09. The van der Waals surface area contributed by atoms with Gasteiger partial charge in [0.05, 0.1) is 24.3 Å². The smallest absolute Gasteiger partial charge is 0.237 e. The van der Waals surface area contributed by atoms with E-state index in [-0.39, 0.29) is 23.5 Å². The van der Waals surface area contributed by atoms with E-state index in [0.29, 0.717) is 6.10 Å². The Morgan fingerprint density at radius 1 is 1.44 bits per heavy atom. The molecule has 0 spiro atoms. The zero-order chi connectivity index (χ0) is 11.9. The molecule has 2 fully saturated rings. The summed E-state index contributed by atoms with van der Waals surface area (Å²) >= 11 is 0. The van der Waals surface area contributed by atoms with Crippen molar-refractivity contribution in [1.29, 1.82) is 0 Å². The average Bonchev–Trinajstić information content (AvgIpc) is 2.76. The standard InChI is InChI=1S/C12H22N2O2/c1-12(2,3)10(13)11(15)14-8-6-7-4-5-9(8)16-7/h7-10H,4-6,13H2,1-3H3,(H,14,15)/t7?,8?,9?,10-/m1/s1. The molecule has 3 N–H and O–H groups in total. The molecule has 2 heterocycles. The van der Waals surface area contributed by atoms with E-state index >= 15 is 0 Å². The molecule has 2 bridgehead atoms. The molecule has 2 saturated heterocycles. The zero-order valence-corrected chi connectivity index (χ0v) is 10.3. The maximum absolute atomic E-state index is 11.9. The van der Waals surface area contributed by atoms with Crippen LogP contribution in [-0.2, 0) is 9.53 Å². The second kappa shape index (κ2) is 4.00. The number of nitrogens with two attached hydrogens (primary N) is 1. The molecule has 3 unspecified atom stereocenters. The Labute approximate surface area is 96.9 Å². The summed E-state index contributed by atoms with van der Waals surface area (Å²) in [4.78, 5) is 11.9. The van der Waals surface area contributed by atoms with Gasteiger partial charge in [0.2, 0.25) is 5.91 Å². The molecular weight excluding hydrogens is 204 g/mol. The van der Waals surface area contributed by atoms with Crippen molar-refractivity contribution in [3.05, 3.63) is 0 Å². The Morgan fingerprint density at radius 2 is 2.12 bits per heavy atom. The van der Waals surface area contributed by atoms with E-state index in [2.05, 4.69) is 5.32 Å². The van der Waals surface area contributed by atoms with Crippen LogP contribution < -0.4 is 11.1 Å². The van der Waals surface area contributed by atoms with Crippen LogP contribution in [0.5, 0.6) is 0 Å². The SMILES string of the molecule is CC(C)(C)[C@H](N)C(=O)NC1CC2CCC1O2. The molecule has 4 nitrogen and oxygen atoms in total. The van der Waals surface area contributed by atoms with Crippen LogP contribution in [0, 0.1) is 5.41 Å². The second-order valence-electron chi connectivity index (χ2n) is 6.07. The molecule has 0 saturated carbocycles. The van der Waals surface area contributed by atoms with Crippen LogP contribution in [0.4, 0.5) is 0 Å². The Kier molecular flexibility index (Phi) is 2.97. The molecule has 0 aliphatic carbocycles. The van der Waals surface area contributed by atoms with Gasteiger partial charge in [0.1, 0.15) is 0 Å². The number of ether oxygens (including phenoxy) is 1. The molecule has 2 aliphatic heterocycles. The minimum absolute atomic E-state index is 0.0475. The highest BCUT2D eigenvalue weighted by Crippen LogP contribution is 2.34. The summed E-state index contributed by atoms with van der Waals surface area (Å²) in [6, 6.07) is -0.272. The van der Waals surface area contributed by atoms with Gasteiger partial charge in [-0.1, -0.05) is 20.8 Å². The third-order valence-electron chi connectivity index (χ3n) is 3.65. The zero-order valence-electron chi connectivity index (χ0n) is 10.3. The molecule has 4 heteroatoms. The van der Waals surface area contributed by atoms with Crippen LogP contribution in [0.15, 0.2) is 0 Å². The molecule has 0 aromatic heterocycles. The fraction of sp³-hybridized carbons (Fsp3) is 0.917. The molecular formula is C12H22N2O2. The first-order chi connectivity index (χ1) is 7.38. The first kappa shape index (κ1) is 11.9. The van der Waals surface area contributed by atoms with E-state index in [4.69, 9.17) is 10.5 Å². The van der Waals surface area contributed by atoms with E-state index < -0.39 is 6.04 Å². The maximum Gasteiger partial charge on any atom is 0.237 e. The van der Waals surface area contributed by atoms with Crippen LogP contribution in [0.3, 0.4) is 0 Å². The van der Waals surface area contributed by atoms with Crippen molar-refractivity contribution in [2.24, 2.45) is 11.1 Å². The van der Waals surface area contributed by atoms with Crippen molar-refractivity contribution in [1.82, 2.24) is 5.32 Å². The van der Waals surface area contributed by atoms with Gasteiger partial charge in [0.15, 0.2) is 0 Å². The van der Waals surface area contributed by atoms with Gasteiger partial charge in [-0.3, -0.25) is 4.79 Å². The van der Waals surface area contributed by atoms with E-state index in [1.54, 1.807) is 0 Å². The Morgan fingerprint density at radius 3 is 2.56 bits per heavy atom. The quantitative estimate of drug-likeness (QED) is 0.732. The second-order valence-corrected chi connectivity index (χ2v) is 6.07. The lowest BCUT2D eigenvalue weighted by Crippen LogP contribution is -2.53. The largest absolute Gasteiger partial charge is 0.373 e. The lowest BCUT2D eigenvalue weighted by Gasteiger charge is -2.28. The summed E-state index contributed by atoms with van der Waals surface area (Å²) in [5, 5.41) is 3.03. The monoisotopic (exact) mass is 226 g/mol. The summed E-state index contributed by atoms with van der Waals surface area (Å²) in [6.07, 6.45) is 3.75. The topological polar surface area (TPSA) is 64.4 Å². The summed E-state index contributed by atoms with van der Waals surface area (Å²) in [7, 11) is 0. The number of amides is 1. The molecule has 0 aromatic carbocycles. The van der Waals surface area contributed by atoms with Gasteiger partial charge < -0.3 is 15.8 Å².